The van der Waals surface area contributed by atoms with Crippen LogP contribution in [-0.4, -0.2) is 77.7 Å². The second kappa shape index (κ2) is 14.2. The average Bonchev–Trinajstić information content (AvgIpc) is 3.54. The zero-order valence-corrected chi connectivity index (χ0v) is 29.0. The number of carbonyl (C=O) groups is 3. The van der Waals surface area contributed by atoms with Gasteiger partial charge in [-0.3, -0.25) is 19.6 Å². The smallest absolute Gasteiger partial charge is 0.408 e. The molecule has 0 radical (unpaired) electrons. The number of methoxy groups -OCH3 is 1. The van der Waals surface area contributed by atoms with Gasteiger partial charge in [0.2, 0.25) is 5.91 Å². The first-order valence-electron chi connectivity index (χ1n) is 17.9. The molecule has 11 heteroatoms. The van der Waals surface area contributed by atoms with Gasteiger partial charge in [0, 0.05) is 29.8 Å². The molecule has 1 aromatic heterocycles. The number of Topliss-reactive ketones (excluding diaryl/α,β-unsaturated/α-hetero) is 1. The third-order valence-corrected chi connectivity index (χ3v) is 11.4. The van der Waals surface area contributed by atoms with E-state index in [4.69, 9.17) is 14.2 Å². The molecule has 6 rings (SSSR count). The number of rotatable bonds is 14. The fourth-order valence-electron chi connectivity index (χ4n) is 8.38. The van der Waals surface area contributed by atoms with Crippen LogP contribution in [0.15, 0.2) is 18.2 Å². The number of ether oxygens (including phenoxy) is 3. The topological polar surface area (TPSA) is 143 Å². The fourth-order valence-corrected chi connectivity index (χ4v) is 8.38. The number of amides is 2. The molecule has 262 valence electrons. The molecule has 7 atom stereocenters. The highest BCUT2D eigenvalue weighted by atomic mass is 16.6. The van der Waals surface area contributed by atoms with Gasteiger partial charge in [-0.1, -0.05) is 47.0 Å². The molecule has 4 aliphatic rings. The molecule has 2 saturated heterocycles. The summed E-state index contributed by atoms with van der Waals surface area (Å²) >= 11 is 0. The average molecular weight is 664 g/mol. The summed E-state index contributed by atoms with van der Waals surface area (Å²) in [7, 11) is 1.58. The van der Waals surface area contributed by atoms with Crippen LogP contribution < -0.4 is 15.2 Å². The van der Waals surface area contributed by atoms with E-state index in [9.17, 15) is 19.5 Å². The molecule has 1 N–H and O–H groups in total. The lowest BCUT2D eigenvalue weighted by molar-refractivity contribution is -0.276. The highest BCUT2D eigenvalue weighted by molar-refractivity contribution is 5.94. The summed E-state index contributed by atoms with van der Waals surface area (Å²) in [5, 5.41) is 15.5. The van der Waals surface area contributed by atoms with E-state index in [2.05, 4.69) is 22.2 Å². The van der Waals surface area contributed by atoms with E-state index in [0.717, 1.165) is 44.9 Å². The van der Waals surface area contributed by atoms with Gasteiger partial charge in [-0.05, 0) is 74.3 Å². The molecule has 0 spiro atoms. The van der Waals surface area contributed by atoms with Crippen molar-refractivity contribution in [1.82, 2.24) is 20.2 Å². The number of nitrogens with zero attached hydrogens (tertiary/aromatic N) is 3. The molecule has 2 aromatic rings. The SMILES string of the molecule is CC[C@@H]1CCN(C(=O)C(NC(=O)OC2CC3CC3[C@H]2CCCCCc2nc3ccc(OC)cc3nc2[O-])C2(C)COC2)[C@@H]1C(=O)C(C)C. The molecule has 0 bridgehead atoms. The van der Waals surface area contributed by atoms with Crippen LogP contribution in [0.4, 0.5) is 4.79 Å². The van der Waals surface area contributed by atoms with Crippen LogP contribution in [0.25, 0.3) is 11.0 Å². The highest BCUT2D eigenvalue weighted by Gasteiger charge is 2.55. The predicted octanol–water partition coefficient (Wildman–Crippen LogP) is 4.82. The van der Waals surface area contributed by atoms with Gasteiger partial charge in [0.05, 0.1) is 43.1 Å². The number of ketones is 1. The van der Waals surface area contributed by atoms with Crippen molar-refractivity contribution in [1.29, 1.82) is 0 Å². The van der Waals surface area contributed by atoms with E-state index in [0.29, 0.717) is 66.4 Å². The van der Waals surface area contributed by atoms with Crippen LogP contribution in [0.3, 0.4) is 0 Å². The Morgan fingerprint density at radius 3 is 2.60 bits per heavy atom. The summed E-state index contributed by atoms with van der Waals surface area (Å²) in [6.07, 6.45) is 7.16. The number of nitrogens with one attached hydrogen (secondary N) is 1. The summed E-state index contributed by atoms with van der Waals surface area (Å²) in [5.41, 5.74) is 1.15. The molecule has 4 fully saturated rings. The Morgan fingerprint density at radius 2 is 1.92 bits per heavy atom. The van der Waals surface area contributed by atoms with Gasteiger partial charge < -0.3 is 29.5 Å². The predicted molar refractivity (Wildman–Crippen MR) is 177 cm³/mol. The van der Waals surface area contributed by atoms with E-state index in [1.807, 2.05) is 32.9 Å². The summed E-state index contributed by atoms with van der Waals surface area (Å²) in [6, 6.07) is 4.08. The van der Waals surface area contributed by atoms with Crippen molar-refractivity contribution >= 4 is 28.8 Å². The fraction of sp³-hybridized carbons (Fsp3) is 0.703. The van der Waals surface area contributed by atoms with E-state index in [-0.39, 0.29) is 35.5 Å². The third-order valence-electron chi connectivity index (χ3n) is 11.4. The van der Waals surface area contributed by atoms with Crippen LogP contribution in [0.5, 0.6) is 11.6 Å². The Morgan fingerprint density at radius 1 is 1.12 bits per heavy atom. The van der Waals surface area contributed by atoms with E-state index < -0.39 is 23.6 Å². The molecule has 4 unspecified atom stereocenters. The molecule has 11 nitrogen and oxygen atoms in total. The number of unbranched alkanes of at least 4 members (excludes halogenated alkanes) is 2. The normalized spacial score (nSPS) is 27.8. The maximum atomic E-state index is 14.1. The number of fused-ring (bicyclic) bond motifs is 2. The zero-order chi connectivity index (χ0) is 34.2. The molecule has 48 heavy (non-hydrogen) atoms. The number of benzene rings is 1. The first kappa shape index (κ1) is 34.4. The first-order valence-corrected chi connectivity index (χ1v) is 17.9. The summed E-state index contributed by atoms with van der Waals surface area (Å²) in [4.78, 5) is 51.3. The number of aryl methyl sites for hydroxylation is 1. The quantitative estimate of drug-likeness (QED) is 0.281. The minimum Gasteiger partial charge on any atom is -0.857 e. The Hall–Kier alpha value is -3.47. The second-order valence-electron chi connectivity index (χ2n) is 15.1. The van der Waals surface area contributed by atoms with Crippen molar-refractivity contribution in [3.63, 3.8) is 0 Å². The van der Waals surface area contributed by atoms with Crippen molar-refractivity contribution in [2.24, 2.45) is 35.0 Å². The van der Waals surface area contributed by atoms with Gasteiger partial charge in [-0.2, -0.15) is 0 Å². The van der Waals surface area contributed by atoms with Gasteiger partial charge in [0.25, 0.3) is 0 Å². The Bertz CT molecular complexity index is 1510. The van der Waals surface area contributed by atoms with Gasteiger partial charge in [-0.25, -0.2) is 4.79 Å². The zero-order valence-electron chi connectivity index (χ0n) is 29.0. The highest BCUT2D eigenvalue weighted by Crippen LogP contribution is 2.57. The maximum Gasteiger partial charge on any atom is 0.408 e. The standard InChI is InChI=1S/C37H52N4O7/c1-6-22-14-15-41(31(22)32(42)21(2)3)35(44)33(37(4)19-47-20-37)40-36(45)48-30-17-23-16-26(23)25(30)10-8-7-9-11-28-34(43)39-29-18-24(46-5)12-13-27(29)38-28/h12-13,18,21-23,25-26,30-31,33H,6-11,14-17,19-20H2,1-5H3,(H,39,43)(H,40,45)/p-1/t22-,23?,25-,26?,30?,31+,33?/m1/s1. The van der Waals surface area contributed by atoms with Crippen molar-refractivity contribution in [3.05, 3.63) is 23.9 Å². The van der Waals surface area contributed by atoms with Crippen LogP contribution >= 0.6 is 0 Å². The van der Waals surface area contributed by atoms with Crippen molar-refractivity contribution in [2.45, 2.75) is 104 Å². The third kappa shape index (κ3) is 6.98. The molecule has 2 aliphatic carbocycles. The molecule has 1 aromatic carbocycles. The molecule has 2 aliphatic heterocycles. The van der Waals surface area contributed by atoms with Gasteiger partial charge in [0.15, 0.2) is 5.78 Å². The minimum atomic E-state index is -0.822. The largest absolute Gasteiger partial charge is 0.857 e. The van der Waals surface area contributed by atoms with Crippen LogP contribution in [0.1, 0.15) is 84.8 Å². The van der Waals surface area contributed by atoms with Gasteiger partial charge >= 0.3 is 6.09 Å². The number of hydrogen-bond donors (Lipinski definition) is 1. The van der Waals surface area contributed by atoms with Crippen molar-refractivity contribution in [3.8, 4) is 11.6 Å². The van der Waals surface area contributed by atoms with Crippen molar-refractivity contribution in [2.75, 3.05) is 26.9 Å². The van der Waals surface area contributed by atoms with Crippen molar-refractivity contribution < 1.29 is 33.7 Å². The van der Waals surface area contributed by atoms with E-state index in [1.165, 1.54) is 6.42 Å². The van der Waals surface area contributed by atoms with E-state index >= 15 is 0 Å². The lowest BCUT2D eigenvalue weighted by atomic mass is 9.79. The minimum absolute atomic E-state index is 0.0803. The number of aromatic nitrogens is 2. The summed E-state index contributed by atoms with van der Waals surface area (Å²) < 4.78 is 16.8. The number of hydrogen-bond acceptors (Lipinski definition) is 9. The molecule has 3 heterocycles. The van der Waals surface area contributed by atoms with Gasteiger partial charge in [0.1, 0.15) is 17.9 Å². The Labute approximate surface area is 283 Å². The van der Waals surface area contributed by atoms with Gasteiger partial charge in [-0.15, -0.1) is 0 Å². The monoisotopic (exact) mass is 663 g/mol. The number of carbonyl (C=O) groups excluding carboxylic acids is 3. The molecular formula is C37H51N4O7-. The maximum absolute atomic E-state index is 14.1. The molecule has 2 amide bonds. The lowest BCUT2D eigenvalue weighted by Crippen LogP contribution is -2.64. The number of likely N-dealkylation sites (tertiary alicyclic amines) is 1. The molecular weight excluding hydrogens is 612 g/mol. The van der Waals surface area contributed by atoms with Crippen LogP contribution in [0, 0.1) is 35.0 Å². The number of alkyl carbamates (subject to hydrolysis) is 1. The Balaban J connectivity index is 1.03. The van der Waals surface area contributed by atoms with Crippen LogP contribution in [0.2, 0.25) is 0 Å². The Kier molecular flexibility index (Phi) is 10.2. The van der Waals surface area contributed by atoms with E-state index in [1.54, 1.807) is 18.1 Å². The summed E-state index contributed by atoms with van der Waals surface area (Å²) in [6.45, 7) is 9.02. The summed E-state index contributed by atoms with van der Waals surface area (Å²) in [5.74, 6) is 1.63. The molecule has 2 saturated carbocycles. The lowest BCUT2D eigenvalue weighted by Gasteiger charge is -2.45. The second-order valence-corrected chi connectivity index (χ2v) is 15.1. The van der Waals surface area contributed by atoms with Crippen LogP contribution in [-0.2, 0) is 25.5 Å². The first-order chi connectivity index (χ1) is 23.0.